The number of hydrogen-bond acceptors (Lipinski definition) is 1. The lowest BCUT2D eigenvalue weighted by atomic mass is 10.2. The molecule has 1 nitrogen and oxygen atoms in total. The Morgan fingerprint density at radius 3 is 2.54 bits per heavy atom. The molecule has 0 saturated carbocycles. The van der Waals surface area contributed by atoms with Gasteiger partial charge in [0.2, 0.25) is 0 Å². The molecule has 0 unspecified atom stereocenters. The molecule has 0 spiro atoms. The molecule has 0 amide bonds. The number of hydrogen-bond donors (Lipinski definition) is 0. The Hall–Kier alpha value is 0.320. The van der Waals surface area contributed by atoms with Crippen molar-refractivity contribution in [2.24, 2.45) is 0 Å². The lowest BCUT2D eigenvalue weighted by Gasteiger charge is -2.09. The molecule has 13 heavy (non-hydrogen) atoms. The van der Waals surface area contributed by atoms with E-state index in [4.69, 9.17) is 23.2 Å². The van der Waals surface area contributed by atoms with Crippen LogP contribution in [0.3, 0.4) is 0 Å². The third kappa shape index (κ3) is 2.41. The summed E-state index contributed by atoms with van der Waals surface area (Å²) in [5.41, 5.74) is 0.0980. The molecule has 6 heteroatoms. The first-order valence-electron chi connectivity index (χ1n) is 3.24. The summed E-state index contributed by atoms with van der Waals surface area (Å²) in [5.74, 6) is 0.0141. The molecule has 1 heterocycles. The Kier molecular flexibility index (Phi) is 4.12. The molecule has 0 aromatic carbocycles. The summed E-state index contributed by atoms with van der Waals surface area (Å²) in [5, 5.41) is -0.175. The molecular formula is C7H4Cl2F2IN. The Bertz CT molecular complexity index is 320. The van der Waals surface area contributed by atoms with Gasteiger partial charge in [-0.1, -0.05) is 11.6 Å². The van der Waals surface area contributed by atoms with E-state index in [1.807, 2.05) is 22.6 Å². The number of alkyl halides is 3. The molecule has 0 fully saturated rings. The first-order valence-corrected chi connectivity index (χ1v) is 5.24. The van der Waals surface area contributed by atoms with Crippen LogP contribution in [0.2, 0.25) is 5.15 Å². The maximum Gasteiger partial charge on any atom is 0.267 e. The molecule has 0 bridgehead atoms. The van der Waals surface area contributed by atoms with Crippen molar-refractivity contribution in [3.8, 4) is 0 Å². The first-order chi connectivity index (χ1) is 6.07. The van der Waals surface area contributed by atoms with Gasteiger partial charge in [-0.25, -0.2) is 13.8 Å². The van der Waals surface area contributed by atoms with Gasteiger partial charge in [0.25, 0.3) is 6.43 Å². The summed E-state index contributed by atoms with van der Waals surface area (Å²) >= 11 is 12.9. The molecular weight excluding hydrogens is 334 g/mol. The fourth-order valence-electron chi connectivity index (χ4n) is 0.872. The molecule has 0 aliphatic heterocycles. The highest BCUT2D eigenvalue weighted by Crippen LogP contribution is 2.32. The minimum absolute atomic E-state index is 0.0141. The summed E-state index contributed by atoms with van der Waals surface area (Å²) in [6.07, 6.45) is -1.21. The molecule has 0 radical (unpaired) electrons. The molecule has 0 saturated heterocycles. The van der Waals surface area contributed by atoms with Gasteiger partial charge in [0, 0.05) is 15.6 Å². The molecule has 1 rings (SSSR count). The van der Waals surface area contributed by atoms with E-state index >= 15 is 0 Å². The Morgan fingerprint density at radius 2 is 2.15 bits per heavy atom. The molecule has 72 valence electrons. The van der Waals surface area contributed by atoms with Crippen LogP contribution in [0.15, 0.2) is 6.20 Å². The third-order valence-corrected chi connectivity index (χ3v) is 2.98. The van der Waals surface area contributed by atoms with Crippen molar-refractivity contribution in [2.45, 2.75) is 12.3 Å². The Labute approximate surface area is 97.6 Å². The minimum Gasteiger partial charge on any atom is -0.243 e. The van der Waals surface area contributed by atoms with Crippen molar-refractivity contribution in [2.75, 3.05) is 0 Å². The molecule has 0 N–H and O–H groups in total. The van der Waals surface area contributed by atoms with E-state index in [1.54, 1.807) is 0 Å². The van der Waals surface area contributed by atoms with Gasteiger partial charge >= 0.3 is 0 Å². The zero-order valence-corrected chi connectivity index (χ0v) is 9.87. The summed E-state index contributed by atoms with van der Waals surface area (Å²) in [4.78, 5) is 3.63. The SMILES string of the molecule is FC(F)c1c(Cl)ncc(I)c1CCl. The third-order valence-electron chi connectivity index (χ3n) is 1.48. The van der Waals surface area contributed by atoms with Gasteiger partial charge < -0.3 is 0 Å². The number of rotatable bonds is 2. The zero-order valence-electron chi connectivity index (χ0n) is 6.20. The minimum atomic E-state index is -2.64. The van der Waals surface area contributed by atoms with E-state index in [0.29, 0.717) is 9.13 Å². The van der Waals surface area contributed by atoms with E-state index in [-0.39, 0.29) is 16.6 Å². The zero-order chi connectivity index (χ0) is 10.0. The fraction of sp³-hybridized carbons (Fsp3) is 0.286. The van der Waals surface area contributed by atoms with E-state index in [0.717, 1.165) is 0 Å². The largest absolute Gasteiger partial charge is 0.267 e. The van der Waals surface area contributed by atoms with Crippen LogP contribution in [0.4, 0.5) is 8.78 Å². The van der Waals surface area contributed by atoms with Gasteiger partial charge in [-0.2, -0.15) is 0 Å². The smallest absolute Gasteiger partial charge is 0.243 e. The maximum absolute atomic E-state index is 12.5. The van der Waals surface area contributed by atoms with Gasteiger partial charge in [-0.05, 0) is 28.2 Å². The number of halogens is 5. The summed E-state index contributed by atoms with van der Waals surface area (Å²) in [6.45, 7) is 0. The van der Waals surface area contributed by atoms with Crippen molar-refractivity contribution < 1.29 is 8.78 Å². The van der Waals surface area contributed by atoms with Crippen molar-refractivity contribution in [1.29, 1.82) is 0 Å². The lowest BCUT2D eigenvalue weighted by Crippen LogP contribution is -1.99. The molecule has 1 aromatic heterocycles. The molecule has 0 aliphatic rings. The molecule has 0 aliphatic carbocycles. The maximum atomic E-state index is 12.5. The van der Waals surface area contributed by atoms with Crippen LogP contribution in [-0.2, 0) is 5.88 Å². The predicted molar refractivity (Wildman–Crippen MR) is 56.5 cm³/mol. The highest BCUT2D eigenvalue weighted by atomic mass is 127. The van der Waals surface area contributed by atoms with Crippen molar-refractivity contribution in [3.63, 3.8) is 0 Å². The second kappa shape index (κ2) is 4.70. The van der Waals surface area contributed by atoms with Crippen molar-refractivity contribution >= 4 is 45.8 Å². The molecule has 1 aromatic rings. The predicted octanol–water partition coefficient (Wildman–Crippen LogP) is 4.02. The van der Waals surface area contributed by atoms with Crippen molar-refractivity contribution in [1.82, 2.24) is 4.98 Å². The topological polar surface area (TPSA) is 12.9 Å². The van der Waals surface area contributed by atoms with Gasteiger partial charge in [0.05, 0.1) is 5.56 Å². The Balaban J connectivity index is 3.35. The summed E-state index contributed by atoms with van der Waals surface area (Å²) in [6, 6.07) is 0. The molecule has 0 atom stereocenters. The highest BCUT2D eigenvalue weighted by Gasteiger charge is 2.19. The van der Waals surface area contributed by atoms with Crippen LogP contribution in [0, 0.1) is 3.57 Å². The fourth-order valence-corrected chi connectivity index (χ4v) is 2.25. The second-order valence-corrected chi connectivity index (χ2v) is 4.01. The van der Waals surface area contributed by atoms with Gasteiger partial charge in [-0.3, -0.25) is 0 Å². The average molecular weight is 338 g/mol. The van der Waals surface area contributed by atoms with Gasteiger partial charge in [-0.15, -0.1) is 11.6 Å². The van der Waals surface area contributed by atoms with E-state index in [9.17, 15) is 8.78 Å². The van der Waals surface area contributed by atoms with E-state index < -0.39 is 6.43 Å². The lowest BCUT2D eigenvalue weighted by molar-refractivity contribution is 0.150. The van der Waals surface area contributed by atoms with Gasteiger partial charge in [0.15, 0.2) is 0 Å². The monoisotopic (exact) mass is 337 g/mol. The van der Waals surface area contributed by atoms with E-state index in [1.165, 1.54) is 6.20 Å². The number of pyridine rings is 1. The number of nitrogens with zero attached hydrogens (tertiary/aromatic N) is 1. The highest BCUT2D eigenvalue weighted by molar-refractivity contribution is 14.1. The van der Waals surface area contributed by atoms with Crippen molar-refractivity contribution in [3.05, 3.63) is 26.0 Å². The van der Waals surface area contributed by atoms with Crippen LogP contribution in [-0.4, -0.2) is 4.98 Å². The second-order valence-electron chi connectivity index (χ2n) is 2.22. The standard InChI is InChI=1S/C7H4Cl2F2IN/c8-1-3-4(12)2-13-6(9)5(3)7(10)11/h2,7H,1H2. The van der Waals surface area contributed by atoms with Crippen LogP contribution < -0.4 is 0 Å². The van der Waals surface area contributed by atoms with E-state index in [2.05, 4.69) is 4.98 Å². The first kappa shape index (κ1) is 11.4. The van der Waals surface area contributed by atoms with Crippen LogP contribution in [0.1, 0.15) is 17.6 Å². The Morgan fingerprint density at radius 1 is 1.54 bits per heavy atom. The summed E-state index contributed by atoms with van der Waals surface area (Å²) < 4.78 is 25.5. The quantitative estimate of drug-likeness (QED) is 0.451. The van der Waals surface area contributed by atoms with Gasteiger partial charge in [0.1, 0.15) is 5.15 Å². The van der Waals surface area contributed by atoms with Crippen LogP contribution in [0.5, 0.6) is 0 Å². The van der Waals surface area contributed by atoms with Crippen LogP contribution in [0.25, 0.3) is 0 Å². The normalized spacial score (nSPS) is 10.9. The number of aromatic nitrogens is 1. The average Bonchev–Trinajstić information content (AvgIpc) is 2.07. The summed E-state index contributed by atoms with van der Waals surface area (Å²) in [7, 11) is 0. The van der Waals surface area contributed by atoms with Crippen LogP contribution >= 0.6 is 45.8 Å².